The fraction of sp³-hybridized carbons (Fsp3) is 0.562. The number of rotatable bonds is 6. The Balaban J connectivity index is 1.79. The van der Waals surface area contributed by atoms with Crippen molar-refractivity contribution in [2.75, 3.05) is 20.1 Å². The maximum atomic E-state index is 12.0. The Labute approximate surface area is 125 Å². The highest BCUT2D eigenvalue weighted by molar-refractivity contribution is 6.30. The van der Waals surface area contributed by atoms with Crippen LogP contribution in [-0.4, -0.2) is 41.5 Å². The number of Topliss-reactive ketones (excluding diaryl/α,β-unsaturated/α-hetero) is 1. The van der Waals surface area contributed by atoms with Crippen molar-refractivity contribution in [1.29, 1.82) is 0 Å². The van der Waals surface area contributed by atoms with Crippen molar-refractivity contribution in [3.05, 3.63) is 34.9 Å². The first-order valence-corrected chi connectivity index (χ1v) is 7.56. The highest BCUT2D eigenvalue weighted by Crippen LogP contribution is 2.29. The van der Waals surface area contributed by atoms with Crippen molar-refractivity contribution in [2.24, 2.45) is 0 Å². The lowest BCUT2D eigenvalue weighted by Crippen LogP contribution is -2.39. The lowest BCUT2D eigenvalue weighted by molar-refractivity contribution is 0.0162. The second-order valence-electron chi connectivity index (χ2n) is 5.85. The molecule has 1 aromatic rings. The van der Waals surface area contributed by atoms with Gasteiger partial charge in [0.05, 0.1) is 5.60 Å². The minimum Gasteiger partial charge on any atom is -0.389 e. The first-order valence-electron chi connectivity index (χ1n) is 7.18. The minimum absolute atomic E-state index is 0.118. The third-order valence-corrected chi connectivity index (χ3v) is 4.24. The molecule has 4 heteroatoms. The quantitative estimate of drug-likeness (QED) is 0.820. The largest absolute Gasteiger partial charge is 0.389 e. The van der Waals surface area contributed by atoms with E-state index in [1.807, 2.05) is 7.05 Å². The van der Waals surface area contributed by atoms with Crippen LogP contribution in [0.4, 0.5) is 0 Å². The summed E-state index contributed by atoms with van der Waals surface area (Å²) in [6.07, 6.45) is 4.43. The molecule has 0 atom stereocenters. The Bertz CT molecular complexity index is 452. The zero-order chi connectivity index (χ0) is 14.6. The summed E-state index contributed by atoms with van der Waals surface area (Å²) in [6, 6.07) is 6.99. The van der Waals surface area contributed by atoms with E-state index in [-0.39, 0.29) is 5.78 Å². The Kier molecular flexibility index (Phi) is 5.19. The third-order valence-electron chi connectivity index (χ3n) is 3.99. The molecule has 0 heterocycles. The molecule has 110 valence electrons. The summed E-state index contributed by atoms with van der Waals surface area (Å²) in [5.74, 6) is 0.118. The normalized spacial score (nSPS) is 17.6. The molecule has 0 amide bonds. The number of ketones is 1. The van der Waals surface area contributed by atoms with Crippen LogP contribution in [0.25, 0.3) is 0 Å². The Morgan fingerprint density at radius 3 is 2.50 bits per heavy atom. The molecule has 1 aliphatic rings. The topological polar surface area (TPSA) is 40.5 Å². The van der Waals surface area contributed by atoms with E-state index in [4.69, 9.17) is 11.6 Å². The van der Waals surface area contributed by atoms with Crippen LogP contribution in [0.5, 0.6) is 0 Å². The summed E-state index contributed by atoms with van der Waals surface area (Å²) in [5, 5.41) is 11.0. The average molecular weight is 296 g/mol. The van der Waals surface area contributed by atoms with E-state index in [1.54, 1.807) is 24.3 Å². The molecule has 0 spiro atoms. The van der Waals surface area contributed by atoms with Crippen LogP contribution in [-0.2, 0) is 0 Å². The summed E-state index contributed by atoms with van der Waals surface area (Å²) < 4.78 is 0. The molecule has 0 saturated heterocycles. The van der Waals surface area contributed by atoms with Crippen molar-refractivity contribution in [3.8, 4) is 0 Å². The van der Waals surface area contributed by atoms with Gasteiger partial charge in [-0.2, -0.15) is 0 Å². The number of hydrogen-bond acceptors (Lipinski definition) is 3. The molecule has 1 fully saturated rings. The van der Waals surface area contributed by atoms with Gasteiger partial charge in [-0.3, -0.25) is 4.79 Å². The van der Waals surface area contributed by atoms with Gasteiger partial charge in [0.1, 0.15) is 0 Å². The van der Waals surface area contributed by atoms with Gasteiger partial charge in [-0.05, 0) is 44.2 Å². The number of nitrogens with zero attached hydrogens (tertiary/aromatic N) is 1. The second-order valence-corrected chi connectivity index (χ2v) is 6.29. The number of carbonyl (C=O) groups excluding carboxylic acids is 1. The molecule has 1 saturated carbocycles. The SMILES string of the molecule is CN(CCC(=O)c1ccc(Cl)cc1)CC1(O)CCCC1. The number of hydrogen-bond donors (Lipinski definition) is 1. The summed E-state index contributed by atoms with van der Waals surface area (Å²) in [7, 11) is 1.96. The van der Waals surface area contributed by atoms with E-state index in [0.29, 0.717) is 30.1 Å². The molecular formula is C16H22ClNO2. The molecular weight excluding hydrogens is 274 g/mol. The van der Waals surface area contributed by atoms with E-state index in [0.717, 1.165) is 25.7 Å². The van der Waals surface area contributed by atoms with E-state index in [2.05, 4.69) is 4.90 Å². The van der Waals surface area contributed by atoms with Crippen molar-refractivity contribution >= 4 is 17.4 Å². The second kappa shape index (κ2) is 6.70. The van der Waals surface area contributed by atoms with E-state index in [9.17, 15) is 9.90 Å². The standard InChI is InChI=1S/C16H22ClNO2/c1-18(12-16(20)9-2-3-10-16)11-8-15(19)13-4-6-14(17)7-5-13/h4-7,20H,2-3,8-12H2,1H3. The number of benzene rings is 1. The molecule has 1 aromatic carbocycles. The summed E-state index contributed by atoms with van der Waals surface area (Å²) in [4.78, 5) is 14.1. The molecule has 1 aliphatic carbocycles. The first-order chi connectivity index (χ1) is 9.48. The number of carbonyl (C=O) groups is 1. The zero-order valence-electron chi connectivity index (χ0n) is 11.9. The van der Waals surface area contributed by atoms with Gasteiger partial charge in [-0.1, -0.05) is 24.4 Å². The Morgan fingerprint density at radius 2 is 1.90 bits per heavy atom. The van der Waals surface area contributed by atoms with Crippen molar-refractivity contribution in [2.45, 2.75) is 37.7 Å². The summed E-state index contributed by atoms with van der Waals surface area (Å²) >= 11 is 5.81. The molecule has 0 radical (unpaired) electrons. The van der Waals surface area contributed by atoms with Crippen LogP contribution in [0.1, 0.15) is 42.5 Å². The van der Waals surface area contributed by atoms with Gasteiger partial charge in [0, 0.05) is 30.1 Å². The maximum absolute atomic E-state index is 12.0. The minimum atomic E-state index is -0.544. The van der Waals surface area contributed by atoms with Gasteiger partial charge in [0.2, 0.25) is 0 Å². The molecule has 3 nitrogen and oxygen atoms in total. The predicted octanol–water partition coefficient (Wildman–Crippen LogP) is 3.15. The molecule has 0 aromatic heterocycles. The molecule has 1 N–H and O–H groups in total. The Hall–Kier alpha value is -0.900. The summed E-state index contributed by atoms with van der Waals surface area (Å²) in [6.45, 7) is 1.32. The van der Waals surface area contributed by atoms with Crippen LogP contribution in [0.2, 0.25) is 5.02 Å². The lowest BCUT2D eigenvalue weighted by Gasteiger charge is -2.28. The fourth-order valence-corrected chi connectivity index (χ4v) is 2.97. The van der Waals surface area contributed by atoms with Crippen LogP contribution >= 0.6 is 11.6 Å². The molecule has 20 heavy (non-hydrogen) atoms. The highest BCUT2D eigenvalue weighted by Gasteiger charge is 2.32. The maximum Gasteiger partial charge on any atom is 0.164 e. The van der Waals surface area contributed by atoms with Gasteiger partial charge in [-0.15, -0.1) is 0 Å². The van der Waals surface area contributed by atoms with Gasteiger partial charge in [-0.25, -0.2) is 0 Å². The van der Waals surface area contributed by atoms with E-state index in [1.165, 1.54) is 0 Å². The molecule has 2 rings (SSSR count). The van der Waals surface area contributed by atoms with Crippen molar-refractivity contribution < 1.29 is 9.90 Å². The summed E-state index contributed by atoms with van der Waals surface area (Å²) in [5.41, 5.74) is 0.153. The first kappa shape index (κ1) is 15.5. The van der Waals surface area contributed by atoms with E-state index < -0.39 is 5.60 Å². The van der Waals surface area contributed by atoms with E-state index >= 15 is 0 Å². The van der Waals surface area contributed by atoms with Crippen LogP contribution in [0, 0.1) is 0 Å². The van der Waals surface area contributed by atoms with Crippen LogP contribution < -0.4 is 0 Å². The molecule has 0 bridgehead atoms. The number of halogens is 1. The van der Waals surface area contributed by atoms with Gasteiger partial charge >= 0.3 is 0 Å². The monoisotopic (exact) mass is 295 g/mol. The highest BCUT2D eigenvalue weighted by atomic mass is 35.5. The lowest BCUT2D eigenvalue weighted by atomic mass is 10.0. The van der Waals surface area contributed by atoms with Gasteiger partial charge in [0.15, 0.2) is 5.78 Å². The zero-order valence-corrected chi connectivity index (χ0v) is 12.7. The Morgan fingerprint density at radius 1 is 1.30 bits per heavy atom. The fourth-order valence-electron chi connectivity index (χ4n) is 2.85. The third kappa shape index (κ3) is 4.30. The van der Waals surface area contributed by atoms with Crippen molar-refractivity contribution in [1.82, 2.24) is 4.90 Å². The van der Waals surface area contributed by atoms with Crippen molar-refractivity contribution in [3.63, 3.8) is 0 Å². The predicted molar refractivity (Wildman–Crippen MR) is 81.3 cm³/mol. The molecule has 0 unspecified atom stereocenters. The van der Waals surface area contributed by atoms with Crippen LogP contribution in [0.15, 0.2) is 24.3 Å². The van der Waals surface area contributed by atoms with Gasteiger partial charge < -0.3 is 10.0 Å². The number of aliphatic hydroxyl groups is 1. The smallest absolute Gasteiger partial charge is 0.164 e. The van der Waals surface area contributed by atoms with Gasteiger partial charge in [0.25, 0.3) is 0 Å². The molecule has 0 aliphatic heterocycles. The average Bonchev–Trinajstić information content (AvgIpc) is 2.83. The van der Waals surface area contributed by atoms with Crippen LogP contribution in [0.3, 0.4) is 0 Å². The number of likely N-dealkylation sites (N-methyl/N-ethyl adjacent to an activating group) is 1.